The smallest absolute Gasteiger partial charge is 0.306 e. The quantitative estimate of drug-likeness (QED) is 0.871. The summed E-state index contributed by atoms with van der Waals surface area (Å²) >= 11 is 1.60. The van der Waals surface area contributed by atoms with Crippen molar-refractivity contribution in [3.63, 3.8) is 0 Å². The second kappa shape index (κ2) is 7.87. The van der Waals surface area contributed by atoms with Gasteiger partial charge in [-0.15, -0.1) is 10.2 Å². The maximum absolute atomic E-state index is 11.0. The van der Waals surface area contributed by atoms with Crippen LogP contribution in [0.1, 0.15) is 38.2 Å². The zero-order valence-electron chi connectivity index (χ0n) is 14.6. The SMILES string of the molecule is CC(C)c1ccc(Sc2ccc(N3CCC(C(=O)O)CC3)nn2)cc1. The third-order valence-electron chi connectivity index (χ3n) is 4.56. The van der Waals surface area contributed by atoms with Gasteiger partial charge >= 0.3 is 5.97 Å². The lowest BCUT2D eigenvalue weighted by Gasteiger charge is -2.30. The second-order valence-corrected chi connectivity index (χ2v) is 7.75. The number of hydrogen-bond donors (Lipinski definition) is 1. The van der Waals surface area contributed by atoms with E-state index in [4.69, 9.17) is 5.11 Å². The Bertz CT molecular complexity index is 708. The number of aliphatic carboxylic acids is 1. The van der Waals surface area contributed by atoms with Crippen LogP contribution in [0.4, 0.5) is 5.82 Å². The van der Waals surface area contributed by atoms with Gasteiger partial charge in [0.2, 0.25) is 0 Å². The molecule has 0 radical (unpaired) electrons. The molecule has 1 N–H and O–H groups in total. The van der Waals surface area contributed by atoms with E-state index < -0.39 is 5.97 Å². The molecule has 6 heteroatoms. The van der Waals surface area contributed by atoms with E-state index >= 15 is 0 Å². The summed E-state index contributed by atoms with van der Waals surface area (Å²) < 4.78 is 0. The number of carboxylic acid groups (broad SMARTS) is 1. The van der Waals surface area contributed by atoms with Gasteiger partial charge < -0.3 is 10.0 Å². The zero-order valence-corrected chi connectivity index (χ0v) is 15.4. The van der Waals surface area contributed by atoms with Gasteiger partial charge in [0.15, 0.2) is 5.82 Å². The largest absolute Gasteiger partial charge is 0.481 e. The summed E-state index contributed by atoms with van der Waals surface area (Å²) in [7, 11) is 0. The fraction of sp³-hybridized carbons (Fsp3) is 0.421. The van der Waals surface area contributed by atoms with Crippen molar-refractivity contribution in [1.29, 1.82) is 0 Å². The molecule has 0 amide bonds. The number of benzene rings is 1. The summed E-state index contributed by atoms with van der Waals surface area (Å²) in [5, 5.41) is 18.6. The van der Waals surface area contributed by atoms with Crippen LogP contribution in [-0.2, 0) is 4.79 Å². The molecule has 0 spiro atoms. The number of carbonyl (C=O) groups is 1. The predicted octanol–water partition coefficient (Wildman–Crippen LogP) is 4.05. The number of hydrogen-bond acceptors (Lipinski definition) is 5. The monoisotopic (exact) mass is 357 g/mol. The lowest BCUT2D eigenvalue weighted by Crippen LogP contribution is -2.36. The third kappa shape index (κ3) is 4.51. The molecule has 0 aliphatic carbocycles. The van der Waals surface area contributed by atoms with Crippen LogP contribution < -0.4 is 4.90 Å². The number of piperidine rings is 1. The molecule has 0 unspecified atom stereocenters. The highest BCUT2D eigenvalue weighted by Crippen LogP contribution is 2.28. The fourth-order valence-electron chi connectivity index (χ4n) is 2.93. The van der Waals surface area contributed by atoms with E-state index in [0.29, 0.717) is 18.8 Å². The van der Waals surface area contributed by atoms with E-state index in [1.165, 1.54) is 5.56 Å². The van der Waals surface area contributed by atoms with Crippen LogP contribution in [0.3, 0.4) is 0 Å². The number of carboxylic acids is 1. The highest BCUT2D eigenvalue weighted by Gasteiger charge is 2.25. The Labute approximate surface area is 152 Å². The number of rotatable bonds is 5. The summed E-state index contributed by atoms with van der Waals surface area (Å²) in [5.74, 6) is 0.431. The van der Waals surface area contributed by atoms with Crippen LogP contribution in [0.2, 0.25) is 0 Å². The molecule has 3 rings (SSSR count). The molecule has 0 atom stereocenters. The van der Waals surface area contributed by atoms with Gasteiger partial charge in [-0.3, -0.25) is 4.79 Å². The molecule has 0 bridgehead atoms. The topological polar surface area (TPSA) is 66.3 Å². The van der Waals surface area contributed by atoms with E-state index in [2.05, 4.69) is 53.2 Å². The van der Waals surface area contributed by atoms with Gasteiger partial charge in [0.05, 0.1) is 5.92 Å². The molecule has 1 saturated heterocycles. The summed E-state index contributed by atoms with van der Waals surface area (Å²) in [6, 6.07) is 12.5. The average molecular weight is 357 g/mol. The standard InChI is InChI=1S/C19H23N3O2S/c1-13(2)14-3-5-16(6-4-14)25-18-8-7-17(20-21-18)22-11-9-15(10-12-22)19(23)24/h3-8,13,15H,9-12H2,1-2H3,(H,23,24). The summed E-state index contributed by atoms with van der Waals surface area (Å²) in [4.78, 5) is 14.3. The van der Waals surface area contributed by atoms with Gasteiger partial charge in [-0.05, 0) is 48.6 Å². The van der Waals surface area contributed by atoms with Gasteiger partial charge in [-0.1, -0.05) is 37.7 Å². The molecule has 0 saturated carbocycles. The van der Waals surface area contributed by atoms with E-state index in [1.54, 1.807) is 11.8 Å². The van der Waals surface area contributed by atoms with Crippen LogP contribution in [0.15, 0.2) is 46.3 Å². The van der Waals surface area contributed by atoms with Gasteiger partial charge in [-0.2, -0.15) is 0 Å². The Balaban J connectivity index is 1.60. The first-order valence-electron chi connectivity index (χ1n) is 8.62. The summed E-state index contributed by atoms with van der Waals surface area (Å²) in [5.41, 5.74) is 1.33. The molecule has 1 aromatic carbocycles. The van der Waals surface area contributed by atoms with Gasteiger partial charge in [0.25, 0.3) is 0 Å². The minimum atomic E-state index is -0.694. The molecular formula is C19H23N3O2S. The molecule has 1 aliphatic heterocycles. The molecule has 1 fully saturated rings. The van der Waals surface area contributed by atoms with Gasteiger partial charge in [0.1, 0.15) is 5.03 Å². The second-order valence-electron chi connectivity index (χ2n) is 6.66. The maximum Gasteiger partial charge on any atom is 0.306 e. The van der Waals surface area contributed by atoms with Crippen molar-refractivity contribution in [2.75, 3.05) is 18.0 Å². The van der Waals surface area contributed by atoms with Crippen molar-refractivity contribution in [2.45, 2.75) is 42.5 Å². The molecule has 1 aliphatic rings. The van der Waals surface area contributed by atoms with Gasteiger partial charge in [-0.25, -0.2) is 0 Å². The Morgan fingerprint density at radius 3 is 2.32 bits per heavy atom. The van der Waals surface area contributed by atoms with Crippen LogP contribution in [0.5, 0.6) is 0 Å². The molecule has 5 nitrogen and oxygen atoms in total. The van der Waals surface area contributed by atoms with Crippen LogP contribution in [0.25, 0.3) is 0 Å². The van der Waals surface area contributed by atoms with E-state index in [1.807, 2.05) is 12.1 Å². The minimum Gasteiger partial charge on any atom is -0.481 e. The lowest BCUT2D eigenvalue weighted by atomic mass is 9.97. The molecule has 1 aromatic heterocycles. The first kappa shape index (κ1) is 17.7. The van der Waals surface area contributed by atoms with Crippen molar-refractivity contribution in [1.82, 2.24) is 10.2 Å². The average Bonchev–Trinajstić information content (AvgIpc) is 2.63. The van der Waals surface area contributed by atoms with Crippen molar-refractivity contribution < 1.29 is 9.90 Å². The highest BCUT2D eigenvalue weighted by molar-refractivity contribution is 7.99. The van der Waals surface area contributed by atoms with Crippen LogP contribution in [0, 0.1) is 5.92 Å². The van der Waals surface area contributed by atoms with Crippen molar-refractivity contribution in [3.05, 3.63) is 42.0 Å². The molecule has 2 aromatic rings. The highest BCUT2D eigenvalue weighted by atomic mass is 32.2. The van der Waals surface area contributed by atoms with Crippen LogP contribution in [-0.4, -0.2) is 34.4 Å². The first-order chi connectivity index (χ1) is 12.0. The normalized spacial score (nSPS) is 15.6. The maximum atomic E-state index is 11.0. The predicted molar refractivity (Wildman–Crippen MR) is 99.3 cm³/mol. The number of aromatic nitrogens is 2. The van der Waals surface area contributed by atoms with Gasteiger partial charge in [0, 0.05) is 18.0 Å². The Kier molecular flexibility index (Phi) is 5.58. The van der Waals surface area contributed by atoms with Crippen molar-refractivity contribution >= 4 is 23.5 Å². The summed E-state index contributed by atoms with van der Waals surface area (Å²) in [6.45, 7) is 5.81. The molecule has 132 valence electrons. The molecular weight excluding hydrogens is 334 g/mol. The minimum absolute atomic E-state index is 0.229. The number of anilines is 1. The van der Waals surface area contributed by atoms with Crippen molar-refractivity contribution in [2.24, 2.45) is 5.92 Å². The summed E-state index contributed by atoms with van der Waals surface area (Å²) in [6.07, 6.45) is 1.32. The van der Waals surface area contributed by atoms with E-state index in [0.717, 1.165) is 28.8 Å². The molecule has 2 heterocycles. The van der Waals surface area contributed by atoms with E-state index in [-0.39, 0.29) is 5.92 Å². The zero-order chi connectivity index (χ0) is 17.8. The van der Waals surface area contributed by atoms with Crippen LogP contribution >= 0.6 is 11.8 Å². The molecule has 25 heavy (non-hydrogen) atoms. The van der Waals surface area contributed by atoms with E-state index in [9.17, 15) is 4.79 Å². The Hall–Kier alpha value is -2.08. The Morgan fingerprint density at radius 2 is 1.80 bits per heavy atom. The number of nitrogens with zero attached hydrogens (tertiary/aromatic N) is 3. The lowest BCUT2D eigenvalue weighted by molar-refractivity contribution is -0.142. The fourth-order valence-corrected chi connectivity index (χ4v) is 3.66. The third-order valence-corrected chi connectivity index (χ3v) is 5.50. The Morgan fingerprint density at radius 1 is 1.12 bits per heavy atom. The van der Waals surface area contributed by atoms with Crippen molar-refractivity contribution in [3.8, 4) is 0 Å². The first-order valence-corrected chi connectivity index (χ1v) is 9.44.